The lowest BCUT2D eigenvalue weighted by Gasteiger charge is -2.07. The zero-order valence-electron chi connectivity index (χ0n) is 11.4. The molecule has 2 heterocycles. The van der Waals surface area contributed by atoms with Crippen LogP contribution >= 0.6 is 0 Å². The van der Waals surface area contributed by atoms with Crippen molar-refractivity contribution in [3.05, 3.63) is 36.7 Å². The second-order valence-electron chi connectivity index (χ2n) is 4.45. The van der Waals surface area contributed by atoms with Crippen molar-refractivity contribution in [1.29, 1.82) is 0 Å². The number of rotatable bonds is 5. The molecule has 2 aromatic heterocycles. The molecule has 1 aromatic carbocycles. The standard InChI is InChI=1S/C14H17N5O/c1-2-20-12-6-3-5-11-13(12)17-14(15)19(11)10-9-18-8-4-7-16-18/h3-8H,2,9-10H2,1H3,(H2,15,17). The third kappa shape index (κ3) is 2.20. The summed E-state index contributed by atoms with van der Waals surface area (Å²) >= 11 is 0. The first kappa shape index (κ1) is 12.5. The minimum Gasteiger partial charge on any atom is -0.492 e. The van der Waals surface area contributed by atoms with Crippen LogP contribution in [0.2, 0.25) is 0 Å². The zero-order chi connectivity index (χ0) is 13.9. The Balaban J connectivity index is 1.94. The number of nitrogen functional groups attached to an aromatic ring is 1. The van der Waals surface area contributed by atoms with Crippen LogP contribution in [0, 0.1) is 0 Å². The summed E-state index contributed by atoms with van der Waals surface area (Å²) in [5, 5.41) is 4.19. The summed E-state index contributed by atoms with van der Waals surface area (Å²) in [7, 11) is 0. The average molecular weight is 271 g/mol. The first-order valence-electron chi connectivity index (χ1n) is 6.64. The van der Waals surface area contributed by atoms with Crippen molar-refractivity contribution in [1.82, 2.24) is 19.3 Å². The Hall–Kier alpha value is -2.50. The van der Waals surface area contributed by atoms with Gasteiger partial charge in [-0.3, -0.25) is 4.68 Å². The number of para-hydroxylation sites is 1. The van der Waals surface area contributed by atoms with Gasteiger partial charge in [0.2, 0.25) is 5.95 Å². The lowest BCUT2D eigenvalue weighted by Crippen LogP contribution is -2.10. The molecule has 0 fully saturated rings. The van der Waals surface area contributed by atoms with Crippen LogP contribution in [-0.4, -0.2) is 25.9 Å². The number of hydrogen-bond acceptors (Lipinski definition) is 4. The Bertz CT molecular complexity index is 702. The molecule has 0 unspecified atom stereocenters. The van der Waals surface area contributed by atoms with Crippen molar-refractivity contribution in [2.75, 3.05) is 12.3 Å². The van der Waals surface area contributed by atoms with E-state index in [-0.39, 0.29) is 0 Å². The molecule has 0 aliphatic rings. The fourth-order valence-corrected chi connectivity index (χ4v) is 2.28. The molecule has 0 spiro atoms. The second-order valence-corrected chi connectivity index (χ2v) is 4.45. The number of nitrogens with two attached hydrogens (primary N) is 1. The van der Waals surface area contributed by atoms with E-state index < -0.39 is 0 Å². The van der Waals surface area contributed by atoms with E-state index in [1.54, 1.807) is 6.20 Å². The maximum absolute atomic E-state index is 6.02. The Kier molecular flexibility index (Phi) is 3.28. The van der Waals surface area contributed by atoms with E-state index in [1.165, 1.54) is 0 Å². The van der Waals surface area contributed by atoms with Crippen LogP contribution in [0.25, 0.3) is 11.0 Å². The summed E-state index contributed by atoms with van der Waals surface area (Å²) in [5.74, 6) is 1.27. The Morgan fingerprint density at radius 1 is 1.25 bits per heavy atom. The number of ether oxygens (including phenoxy) is 1. The first-order valence-corrected chi connectivity index (χ1v) is 6.64. The molecule has 20 heavy (non-hydrogen) atoms. The largest absolute Gasteiger partial charge is 0.492 e. The van der Waals surface area contributed by atoms with Gasteiger partial charge < -0.3 is 15.0 Å². The summed E-state index contributed by atoms with van der Waals surface area (Å²) in [4.78, 5) is 4.42. The van der Waals surface area contributed by atoms with E-state index in [0.717, 1.165) is 29.9 Å². The molecule has 0 amide bonds. The first-order chi connectivity index (χ1) is 9.79. The molecule has 0 bridgehead atoms. The van der Waals surface area contributed by atoms with Crippen molar-refractivity contribution in [2.24, 2.45) is 0 Å². The molecule has 0 aliphatic carbocycles. The number of imidazole rings is 1. The van der Waals surface area contributed by atoms with Gasteiger partial charge in [0.15, 0.2) is 0 Å². The molecule has 104 valence electrons. The fourth-order valence-electron chi connectivity index (χ4n) is 2.28. The number of nitrogens with zero attached hydrogens (tertiary/aromatic N) is 4. The minimum absolute atomic E-state index is 0.499. The molecular formula is C14H17N5O. The highest BCUT2D eigenvalue weighted by Crippen LogP contribution is 2.27. The molecular weight excluding hydrogens is 254 g/mol. The summed E-state index contributed by atoms with van der Waals surface area (Å²) < 4.78 is 9.45. The predicted molar refractivity (Wildman–Crippen MR) is 77.5 cm³/mol. The van der Waals surface area contributed by atoms with Crippen molar-refractivity contribution < 1.29 is 4.74 Å². The molecule has 0 atom stereocenters. The van der Waals surface area contributed by atoms with E-state index in [4.69, 9.17) is 10.5 Å². The highest BCUT2D eigenvalue weighted by molar-refractivity contribution is 5.84. The summed E-state index contributed by atoms with van der Waals surface area (Å²) in [6, 6.07) is 7.78. The molecule has 6 heteroatoms. The molecule has 0 saturated carbocycles. The summed E-state index contributed by atoms with van der Waals surface area (Å²) in [6.45, 7) is 4.04. The zero-order valence-corrected chi connectivity index (χ0v) is 11.4. The third-order valence-electron chi connectivity index (χ3n) is 3.18. The van der Waals surface area contributed by atoms with Gasteiger partial charge in [0.1, 0.15) is 11.3 Å². The van der Waals surface area contributed by atoms with Gasteiger partial charge in [-0.15, -0.1) is 0 Å². The molecule has 0 radical (unpaired) electrons. The number of anilines is 1. The smallest absolute Gasteiger partial charge is 0.201 e. The highest BCUT2D eigenvalue weighted by atomic mass is 16.5. The average Bonchev–Trinajstić information content (AvgIpc) is 3.05. The molecule has 0 saturated heterocycles. The van der Waals surface area contributed by atoms with E-state index in [1.807, 2.05) is 46.6 Å². The second kappa shape index (κ2) is 5.24. The summed E-state index contributed by atoms with van der Waals surface area (Å²) in [6.07, 6.45) is 3.70. The monoisotopic (exact) mass is 271 g/mol. The Morgan fingerprint density at radius 2 is 2.15 bits per heavy atom. The van der Waals surface area contributed by atoms with E-state index >= 15 is 0 Å². The maximum Gasteiger partial charge on any atom is 0.201 e. The Labute approximate surface area is 116 Å². The van der Waals surface area contributed by atoms with Crippen molar-refractivity contribution in [3.63, 3.8) is 0 Å². The molecule has 3 aromatic rings. The van der Waals surface area contributed by atoms with E-state index in [9.17, 15) is 0 Å². The minimum atomic E-state index is 0.499. The SMILES string of the molecule is CCOc1cccc2c1nc(N)n2CCn1cccn1. The molecule has 2 N–H and O–H groups in total. The van der Waals surface area contributed by atoms with Gasteiger partial charge in [-0.1, -0.05) is 6.07 Å². The van der Waals surface area contributed by atoms with Gasteiger partial charge in [-0.25, -0.2) is 4.98 Å². The molecule has 0 aliphatic heterocycles. The van der Waals surface area contributed by atoms with Gasteiger partial charge in [0.05, 0.1) is 18.7 Å². The van der Waals surface area contributed by atoms with Gasteiger partial charge in [0.25, 0.3) is 0 Å². The van der Waals surface area contributed by atoms with Crippen LogP contribution in [0.15, 0.2) is 36.7 Å². The third-order valence-corrected chi connectivity index (χ3v) is 3.18. The molecule has 3 rings (SSSR count). The lowest BCUT2D eigenvalue weighted by molar-refractivity contribution is 0.343. The van der Waals surface area contributed by atoms with Gasteiger partial charge >= 0.3 is 0 Å². The van der Waals surface area contributed by atoms with Crippen LogP contribution in [-0.2, 0) is 13.1 Å². The van der Waals surface area contributed by atoms with E-state index in [2.05, 4.69) is 10.1 Å². The van der Waals surface area contributed by atoms with E-state index in [0.29, 0.717) is 12.6 Å². The quantitative estimate of drug-likeness (QED) is 0.769. The van der Waals surface area contributed by atoms with Crippen molar-refractivity contribution in [3.8, 4) is 5.75 Å². The number of benzene rings is 1. The fraction of sp³-hybridized carbons (Fsp3) is 0.286. The predicted octanol–water partition coefficient (Wildman–Crippen LogP) is 1.91. The normalized spacial score (nSPS) is 11.1. The lowest BCUT2D eigenvalue weighted by atomic mass is 10.3. The number of aryl methyl sites for hydroxylation is 2. The Morgan fingerprint density at radius 3 is 2.90 bits per heavy atom. The summed E-state index contributed by atoms with van der Waals surface area (Å²) in [5.41, 5.74) is 7.82. The van der Waals surface area contributed by atoms with Gasteiger partial charge in [-0.2, -0.15) is 5.10 Å². The van der Waals surface area contributed by atoms with Crippen LogP contribution in [0.5, 0.6) is 5.75 Å². The van der Waals surface area contributed by atoms with Crippen molar-refractivity contribution >= 4 is 17.0 Å². The van der Waals surface area contributed by atoms with Crippen LogP contribution in [0.4, 0.5) is 5.95 Å². The van der Waals surface area contributed by atoms with Crippen LogP contribution < -0.4 is 10.5 Å². The highest BCUT2D eigenvalue weighted by Gasteiger charge is 2.12. The van der Waals surface area contributed by atoms with Gasteiger partial charge in [-0.05, 0) is 25.1 Å². The number of aromatic nitrogens is 4. The van der Waals surface area contributed by atoms with Gasteiger partial charge in [0, 0.05) is 18.9 Å². The maximum atomic E-state index is 6.02. The topological polar surface area (TPSA) is 70.9 Å². The van der Waals surface area contributed by atoms with Crippen molar-refractivity contribution in [2.45, 2.75) is 20.0 Å². The molecule has 6 nitrogen and oxygen atoms in total. The van der Waals surface area contributed by atoms with Crippen LogP contribution in [0.1, 0.15) is 6.92 Å². The number of fused-ring (bicyclic) bond motifs is 1. The number of hydrogen-bond donors (Lipinski definition) is 1. The van der Waals surface area contributed by atoms with Crippen LogP contribution in [0.3, 0.4) is 0 Å².